The van der Waals surface area contributed by atoms with E-state index in [1.807, 2.05) is 24.3 Å². The Kier molecular flexibility index (Phi) is 6.32. The van der Waals surface area contributed by atoms with Crippen molar-refractivity contribution in [3.63, 3.8) is 0 Å². The Hall–Kier alpha value is -1.86. The summed E-state index contributed by atoms with van der Waals surface area (Å²) in [5.41, 5.74) is 1.98. The topological polar surface area (TPSA) is 64.0 Å². The van der Waals surface area contributed by atoms with Crippen molar-refractivity contribution in [1.82, 2.24) is 9.88 Å². The lowest BCUT2D eigenvalue weighted by Crippen LogP contribution is -2.46. The molecule has 0 unspecified atom stereocenters. The Morgan fingerprint density at radius 2 is 2.08 bits per heavy atom. The van der Waals surface area contributed by atoms with Crippen LogP contribution in [0, 0.1) is 0 Å². The Balaban J connectivity index is 1.94. The molecule has 0 amide bonds. The lowest BCUT2D eigenvalue weighted by atomic mass is 9.97. The molecule has 0 spiro atoms. The lowest BCUT2D eigenvalue weighted by Gasteiger charge is -2.41. The van der Waals surface area contributed by atoms with Gasteiger partial charge in [-0.3, -0.25) is 9.88 Å². The first-order chi connectivity index (χ1) is 12.7. The third kappa shape index (κ3) is 3.94. The van der Waals surface area contributed by atoms with Crippen LogP contribution in [0.1, 0.15) is 17.2 Å². The SMILES string of the molecule is COc1ccc([C@H]2[C@H](CO)OCCN2Cc2ccncc2Cl)cc1OC. The molecule has 6 nitrogen and oxygen atoms in total. The van der Waals surface area contributed by atoms with E-state index in [1.54, 1.807) is 26.6 Å². The molecule has 0 aliphatic carbocycles. The summed E-state index contributed by atoms with van der Waals surface area (Å²) in [5, 5.41) is 10.5. The molecule has 1 N–H and O–H groups in total. The summed E-state index contributed by atoms with van der Waals surface area (Å²) in [6.07, 6.45) is 3.05. The van der Waals surface area contributed by atoms with E-state index in [4.69, 9.17) is 25.8 Å². The number of hydrogen-bond donors (Lipinski definition) is 1. The average molecular weight is 379 g/mol. The van der Waals surface area contributed by atoms with Gasteiger partial charge in [-0.25, -0.2) is 0 Å². The van der Waals surface area contributed by atoms with Gasteiger partial charge in [0.1, 0.15) is 6.10 Å². The van der Waals surface area contributed by atoms with Gasteiger partial charge in [-0.05, 0) is 29.3 Å². The Bertz CT molecular complexity index is 743. The zero-order valence-electron chi connectivity index (χ0n) is 14.9. The first-order valence-electron chi connectivity index (χ1n) is 8.44. The minimum Gasteiger partial charge on any atom is -0.493 e. The molecule has 0 radical (unpaired) electrons. The second kappa shape index (κ2) is 8.68. The molecule has 2 atom stereocenters. The van der Waals surface area contributed by atoms with Crippen molar-refractivity contribution in [2.45, 2.75) is 18.7 Å². The molecule has 1 aromatic carbocycles. The fourth-order valence-electron chi connectivity index (χ4n) is 3.33. The minimum absolute atomic E-state index is 0.0699. The molecule has 1 saturated heterocycles. The van der Waals surface area contributed by atoms with Gasteiger partial charge in [-0.15, -0.1) is 0 Å². The summed E-state index contributed by atoms with van der Waals surface area (Å²) in [4.78, 5) is 6.30. The van der Waals surface area contributed by atoms with Gasteiger partial charge < -0.3 is 19.3 Å². The third-order valence-electron chi connectivity index (χ3n) is 4.61. The van der Waals surface area contributed by atoms with Crippen LogP contribution in [-0.4, -0.2) is 55.1 Å². The highest BCUT2D eigenvalue weighted by molar-refractivity contribution is 6.31. The summed E-state index contributed by atoms with van der Waals surface area (Å²) in [6.45, 7) is 1.85. The van der Waals surface area contributed by atoms with Crippen LogP contribution in [0.15, 0.2) is 36.7 Å². The number of benzene rings is 1. The van der Waals surface area contributed by atoms with Gasteiger partial charge in [0.2, 0.25) is 0 Å². The molecule has 1 aliphatic rings. The minimum atomic E-state index is -0.331. The van der Waals surface area contributed by atoms with Gasteiger partial charge in [0.15, 0.2) is 11.5 Å². The third-order valence-corrected chi connectivity index (χ3v) is 4.96. The monoisotopic (exact) mass is 378 g/mol. The number of ether oxygens (including phenoxy) is 3. The first-order valence-corrected chi connectivity index (χ1v) is 8.82. The van der Waals surface area contributed by atoms with E-state index in [0.717, 1.165) is 17.7 Å². The number of aromatic nitrogens is 1. The molecular formula is C19H23ClN2O4. The van der Waals surface area contributed by atoms with Gasteiger partial charge in [0, 0.05) is 25.5 Å². The molecule has 1 aromatic heterocycles. The van der Waals surface area contributed by atoms with E-state index in [2.05, 4.69) is 9.88 Å². The number of hydrogen-bond acceptors (Lipinski definition) is 6. The molecule has 1 aliphatic heterocycles. The van der Waals surface area contributed by atoms with Crippen LogP contribution in [0.3, 0.4) is 0 Å². The molecular weight excluding hydrogens is 356 g/mol. The molecule has 0 saturated carbocycles. The zero-order valence-corrected chi connectivity index (χ0v) is 15.6. The summed E-state index contributed by atoms with van der Waals surface area (Å²) in [7, 11) is 3.21. The maximum Gasteiger partial charge on any atom is 0.161 e. The second-order valence-electron chi connectivity index (χ2n) is 6.09. The van der Waals surface area contributed by atoms with Crippen LogP contribution in [0.25, 0.3) is 0 Å². The molecule has 26 heavy (non-hydrogen) atoms. The molecule has 3 rings (SSSR count). The maximum atomic E-state index is 9.84. The molecule has 7 heteroatoms. The standard InChI is InChI=1S/C19H23ClN2O4/c1-24-16-4-3-13(9-17(16)25-2)19-18(12-23)26-8-7-22(19)11-14-5-6-21-10-15(14)20/h3-6,9-10,18-19,23H,7-8,11-12H2,1-2H3/t18-,19-/m0/s1. The molecule has 140 valence electrons. The van der Waals surface area contributed by atoms with Crippen LogP contribution >= 0.6 is 11.6 Å². The van der Waals surface area contributed by atoms with Gasteiger partial charge >= 0.3 is 0 Å². The van der Waals surface area contributed by atoms with Crippen molar-refractivity contribution in [2.75, 3.05) is 34.0 Å². The largest absolute Gasteiger partial charge is 0.493 e. The predicted octanol–water partition coefficient (Wildman–Crippen LogP) is 2.69. The molecule has 0 bridgehead atoms. The number of rotatable bonds is 6. The van der Waals surface area contributed by atoms with E-state index in [0.29, 0.717) is 29.7 Å². The predicted molar refractivity (Wildman–Crippen MR) is 98.8 cm³/mol. The highest BCUT2D eigenvalue weighted by Gasteiger charge is 2.34. The quantitative estimate of drug-likeness (QED) is 0.833. The number of morpholine rings is 1. The average Bonchev–Trinajstić information content (AvgIpc) is 2.69. The van der Waals surface area contributed by atoms with Gasteiger partial charge in [0.25, 0.3) is 0 Å². The number of aliphatic hydroxyl groups excluding tert-OH is 1. The molecule has 1 fully saturated rings. The lowest BCUT2D eigenvalue weighted by molar-refractivity contribution is -0.0960. The van der Waals surface area contributed by atoms with Crippen LogP contribution in [0.5, 0.6) is 11.5 Å². The van der Waals surface area contributed by atoms with E-state index in [1.165, 1.54) is 0 Å². The van der Waals surface area contributed by atoms with E-state index in [9.17, 15) is 5.11 Å². The fraction of sp³-hybridized carbons (Fsp3) is 0.421. The number of aliphatic hydroxyl groups is 1. The maximum absolute atomic E-state index is 9.84. The van der Waals surface area contributed by atoms with Gasteiger partial charge in [-0.2, -0.15) is 0 Å². The van der Waals surface area contributed by atoms with Crippen LogP contribution < -0.4 is 9.47 Å². The van der Waals surface area contributed by atoms with Crippen molar-refractivity contribution in [3.8, 4) is 11.5 Å². The Morgan fingerprint density at radius 3 is 2.77 bits per heavy atom. The highest BCUT2D eigenvalue weighted by atomic mass is 35.5. The Labute approximate surface area is 158 Å². The summed E-state index contributed by atoms with van der Waals surface area (Å²) < 4.78 is 16.6. The number of nitrogens with zero attached hydrogens (tertiary/aromatic N) is 2. The van der Waals surface area contributed by atoms with Crippen LogP contribution in [-0.2, 0) is 11.3 Å². The van der Waals surface area contributed by atoms with E-state index in [-0.39, 0.29) is 18.8 Å². The van der Waals surface area contributed by atoms with E-state index >= 15 is 0 Å². The Morgan fingerprint density at radius 1 is 1.27 bits per heavy atom. The number of halogens is 1. The van der Waals surface area contributed by atoms with Crippen molar-refractivity contribution in [1.29, 1.82) is 0 Å². The fourth-order valence-corrected chi connectivity index (χ4v) is 3.51. The smallest absolute Gasteiger partial charge is 0.161 e. The van der Waals surface area contributed by atoms with Crippen LogP contribution in [0.2, 0.25) is 5.02 Å². The number of pyridine rings is 1. The van der Waals surface area contributed by atoms with Crippen molar-refractivity contribution in [2.24, 2.45) is 0 Å². The van der Waals surface area contributed by atoms with Gasteiger partial charge in [-0.1, -0.05) is 17.7 Å². The van der Waals surface area contributed by atoms with Gasteiger partial charge in [0.05, 0.1) is 38.5 Å². The van der Waals surface area contributed by atoms with E-state index < -0.39 is 0 Å². The van der Waals surface area contributed by atoms with Crippen molar-refractivity contribution in [3.05, 3.63) is 52.8 Å². The van der Waals surface area contributed by atoms with Crippen molar-refractivity contribution >= 4 is 11.6 Å². The van der Waals surface area contributed by atoms with Crippen LogP contribution in [0.4, 0.5) is 0 Å². The number of methoxy groups -OCH3 is 2. The second-order valence-corrected chi connectivity index (χ2v) is 6.50. The summed E-state index contributed by atoms with van der Waals surface area (Å²) in [5.74, 6) is 1.31. The summed E-state index contributed by atoms with van der Waals surface area (Å²) in [6, 6.07) is 7.57. The summed E-state index contributed by atoms with van der Waals surface area (Å²) >= 11 is 6.29. The zero-order chi connectivity index (χ0) is 18.5. The first kappa shape index (κ1) is 18.9. The highest BCUT2D eigenvalue weighted by Crippen LogP contribution is 2.36. The molecule has 2 heterocycles. The van der Waals surface area contributed by atoms with Crippen molar-refractivity contribution < 1.29 is 19.3 Å². The normalized spacial score (nSPS) is 20.8. The molecule has 2 aromatic rings.